The maximum Gasteiger partial charge on any atom is 0.0659 e. The molecule has 3 nitrogen and oxygen atoms in total. The second kappa shape index (κ2) is 4.51. The van der Waals surface area contributed by atoms with E-state index in [1.165, 1.54) is 5.57 Å². The van der Waals surface area contributed by atoms with Gasteiger partial charge in [-0.05, 0) is 18.2 Å². The molecular formula is C12H21NO2S. The number of rotatable bonds is 3. The Kier molecular flexibility index (Phi) is 3.42. The third kappa shape index (κ3) is 2.19. The summed E-state index contributed by atoms with van der Waals surface area (Å²) in [5.41, 5.74) is 1.38. The van der Waals surface area contributed by atoms with E-state index in [2.05, 4.69) is 25.8 Å². The fourth-order valence-electron chi connectivity index (χ4n) is 2.22. The maximum atomic E-state index is 12.7. The van der Waals surface area contributed by atoms with E-state index in [-0.39, 0.29) is 5.25 Å². The van der Waals surface area contributed by atoms with Crippen LogP contribution in [0.25, 0.3) is 0 Å². The van der Waals surface area contributed by atoms with Gasteiger partial charge in [-0.3, -0.25) is 4.21 Å². The molecule has 0 aliphatic carbocycles. The molecule has 2 aliphatic heterocycles. The molecule has 0 aromatic rings. The van der Waals surface area contributed by atoms with Crippen LogP contribution < -0.4 is 0 Å². The van der Waals surface area contributed by atoms with Crippen molar-refractivity contribution < 1.29 is 8.95 Å². The molecule has 2 heterocycles. The van der Waals surface area contributed by atoms with Gasteiger partial charge < -0.3 is 4.74 Å². The van der Waals surface area contributed by atoms with Crippen molar-refractivity contribution in [3.8, 4) is 0 Å². The molecule has 0 bridgehead atoms. The summed E-state index contributed by atoms with van der Waals surface area (Å²) in [6, 6.07) is 0. The summed E-state index contributed by atoms with van der Waals surface area (Å²) in [5, 5.41) is 0.118. The minimum absolute atomic E-state index is 0.118. The van der Waals surface area contributed by atoms with Gasteiger partial charge in [-0.1, -0.05) is 25.5 Å². The summed E-state index contributed by atoms with van der Waals surface area (Å²) in [5.74, 6) is 4.51. The van der Waals surface area contributed by atoms with Crippen molar-refractivity contribution in [3.05, 3.63) is 11.6 Å². The Balaban J connectivity index is 2.05. The Hall–Kier alpha value is -0.320. The quantitative estimate of drug-likeness (QED) is 0.552. The molecule has 2 rings (SSSR count). The van der Waals surface area contributed by atoms with Gasteiger partial charge in [-0.15, -0.1) is 0 Å². The first kappa shape index (κ1) is 12.1. The van der Waals surface area contributed by atoms with Crippen LogP contribution in [0.2, 0.25) is 0 Å². The number of nitrogens with zero attached hydrogens (tertiary/aromatic N) is 1. The Bertz CT molecular complexity index is 378. The molecule has 1 fully saturated rings. The summed E-state index contributed by atoms with van der Waals surface area (Å²) < 4.78 is 20.0. The highest BCUT2D eigenvalue weighted by molar-refractivity contribution is 7.98. The molecule has 0 spiro atoms. The minimum Gasteiger partial charge on any atom is -0.380 e. The van der Waals surface area contributed by atoms with Gasteiger partial charge in [0.1, 0.15) is 0 Å². The summed E-state index contributed by atoms with van der Waals surface area (Å²) in [4.78, 5) is 0. The first-order valence-electron chi connectivity index (χ1n) is 5.89. The summed E-state index contributed by atoms with van der Waals surface area (Å²) >= 11 is 0. The average molecular weight is 243 g/mol. The van der Waals surface area contributed by atoms with Gasteiger partial charge in [0.2, 0.25) is 0 Å². The number of ether oxygens (including phenoxy) is 1. The SMILES string of the molecule is C=S(=O)(C1CCOC1)N1CC=C(C(C)C)C1. The fraction of sp³-hybridized carbons (Fsp3) is 0.750. The van der Waals surface area contributed by atoms with Gasteiger partial charge in [0, 0.05) is 29.4 Å². The Labute approximate surface area is 98.6 Å². The van der Waals surface area contributed by atoms with Crippen molar-refractivity contribution in [2.45, 2.75) is 25.5 Å². The summed E-state index contributed by atoms with van der Waals surface area (Å²) in [6.07, 6.45) is 3.08. The molecule has 92 valence electrons. The van der Waals surface area contributed by atoms with Crippen molar-refractivity contribution in [2.75, 3.05) is 26.3 Å². The third-order valence-corrected chi connectivity index (χ3v) is 6.07. The monoisotopic (exact) mass is 243 g/mol. The number of hydrogen-bond acceptors (Lipinski definition) is 2. The minimum atomic E-state index is -2.15. The Morgan fingerprint density at radius 1 is 1.62 bits per heavy atom. The Morgan fingerprint density at radius 3 is 2.88 bits per heavy atom. The zero-order valence-corrected chi connectivity index (χ0v) is 11.0. The van der Waals surface area contributed by atoms with Crippen LogP contribution in [0.15, 0.2) is 11.6 Å². The van der Waals surface area contributed by atoms with Gasteiger partial charge in [0.15, 0.2) is 0 Å². The van der Waals surface area contributed by atoms with Crippen molar-refractivity contribution in [3.63, 3.8) is 0 Å². The molecule has 16 heavy (non-hydrogen) atoms. The lowest BCUT2D eigenvalue weighted by molar-refractivity contribution is 0.198. The van der Waals surface area contributed by atoms with Crippen LogP contribution >= 0.6 is 0 Å². The highest BCUT2D eigenvalue weighted by atomic mass is 32.2. The van der Waals surface area contributed by atoms with Crippen LogP contribution in [0.4, 0.5) is 0 Å². The number of hydrogen-bond donors (Lipinski definition) is 0. The van der Waals surface area contributed by atoms with Gasteiger partial charge in [0.25, 0.3) is 0 Å². The zero-order chi connectivity index (χ0) is 11.8. The fourth-order valence-corrected chi connectivity index (χ4v) is 4.11. The van der Waals surface area contributed by atoms with E-state index in [9.17, 15) is 4.21 Å². The molecule has 0 N–H and O–H groups in total. The van der Waals surface area contributed by atoms with Crippen LogP contribution in [-0.4, -0.2) is 45.9 Å². The second-order valence-electron chi connectivity index (χ2n) is 4.93. The zero-order valence-electron chi connectivity index (χ0n) is 10.1. The molecule has 2 aliphatic rings. The predicted octanol–water partition coefficient (Wildman–Crippen LogP) is 1.30. The molecule has 0 radical (unpaired) electrons. The summed E-state index contributed by atoms with van der Waals surface area (Å²) in [7, 11) is -2.15. The van der Waals surface area contributed by atoms with Gasteiger partial charge >= 0.3 is 0 Å². The van der Waals surface area contributed by atoms with Crippen molar-refractivity contribution in [1.29, 1.82) is 0 Å². The molecule has 2 atom stereocenters. The summed E-state index contributed by atoms with van der Waals surface area (Å²) in [6.45, 7) is 7.30. The smallest absolute Gasteiger partial charge is 0.0659 e. The topological polar surface area (TPSA) is 29.5 Å². The van der Waals surface area contributed by atoms with Crippen molar-refractivity contribution in [1.82, 2.24) is 4.31 Å². The first-order chi connectivity index (χ1) is 7.51. The van der Waals surface area contributed by atoms with E-state index in [4.69, 9.17) is 4.74 Å². The molecular weight excluding hydrogens is 222 g/mol. The van der Waals surface area contributed by atoms with Crippen molar-refractivity contribution in [2.24, 2.45) is 5.92 Å². The van der Waals surface area contributed by atoms with Crippen LogP contribution in [0.3, 0.4) is 0 Å². The second-order valence-corrected chi connectivity index (χ2v) is 7.49. The van der Waals surface area contributed by atoms with Gasteiger partial charge in [0.05, 0.1) is 11.9 Å². The molecule has 0 amide bonds. The standard InChI is InChI=1S/C12H21NO2S/c1-10(2)11-4-6-13(8-11)16(3,14)12-5-7-15-9-12/h4,10,12H,3,5-9H2,1-2H3. The lowest BCUT2D eigenvalue weighted by atomic mass is 10.1. The normalized spacial score (nSPS) is 30.7. The van der Waals surface area contributed by atoms with Crippen LogP contribution in [-0.2, 0) is 14.4 Å². The van der Waals surface area contributed by atoms with E-state index in [1.807, 2.05) is 4.31 Å². The lowest BCUT2D eigenvalue weighted by Gasteiger charge is -2.26. The largest absolute Gasteiger partial charge is 0.380 e. The Morgan fingerprint density at radius 2 is 2.38 bits per heavy atom. The van der Waals surface area contributed by atoms with Gasteiger partial charge in [-0.2, -0.15) is 0 Å². The molecule has 1 saturated heterocycles. The molecule has 0 aromatic carbocycles. The van der Waals surface area contributed by atoms with E-state index in [0.717, 1.165) is 26.1 Å². The lowest BCUT2D eigenvalue weighted by Crippen LogP contribution is -2.37. The van der Waals surface area contributed by atoms with Crippen LogP contribution in [0, 0.1) is 5.92 Å². The van der Waals surface area contributed by atoms with E-state index < -0.39 is 9.71 Å². The van der Waals surface area contributed by atoms with Gasteiger partial charge in [-0.25, -0.2) is 4.31 Å². The van der Waals surface area contributed by atoms with Crippen LogP contribution in [0.1, 0.15) is 20.3 Å². The molecule has 0 saturated carbocycles. The predicted molar refractivity (Wildman–Crippen MR) is 69.0 cm³/mol. The average Bonchev–Trinajstić information content (AvgIpc) is 2.90. The van der Waals surface area contributed by atoms with Crippen LogP contribution in [0.5, 0.6) is 0 Å². The maximum absolute atomic E-state index is 12.7. The third-order valence-electron chi connectivity index (χ3n) is 3.50. The first-order valence-corrected chi connectivity index (χ1v) is 7.64. The van der Waals surface area contributed by atoms with E-state index in [1.54, 1.807) is 0 Å². The van der Waals surface area contributed by atoms with Crippen molar-refractivity contribution >= 4 is 15.6 Å². The molecule has 4 heteroatoms. The van der Waals surface area contributed by atoms with E-state index >= 15 is 0 Å². The van der Waals surface area contributed by atoms with E-state index in [0.29, 0.717) is 12.5 Å². The molecule has 2 unspecified atom stereocenters. The highest BCUT2D eigenvalue weighted by Crippen LogP contribution is 2.24. The molecule has 0 aromatic heterocycles. The highest BCUT2D eigenvalue weighted by Gasteiger charge is 2.31.